The number of carbonyl (C=O) groups excluding carboxylic acids is 2. The van der Waals surface area contributed by atoms with Gasteiger partial charge < -0.3 is 15.0 Å². The van der Waals surface area contributed by atoms with Crippen molar-refractivity contribution < 1.29 is 27.1 Å². The van der Waals surface area contributed by atoms with Crippen LogP contribution in [0.3, 0.4) is 0 Å². The van der Waals surface area contributed by atoms with Crippen LogP contribution in [0.5, 0.6) is 0 Å². The Morgan fingerprint density at radius 3 is 2.39 bits per heavy atom. The maximum Gasteiger partial charge on any atom is 0.338 e. The Morgan fingerprint density at radius 1 is 1.03 bits per heavy atom. The number of nitrogens with zero attached hydrogens (tertiary/aromatic N) is 3. The number of sulfonamides is 1. The van der Waals surface area contributed by atoms with Crippen molar-refractivity contribution in [2.75, 3.05) is 43.0 Å². The molecular weight excluding hydrogens is 535 g/mol. The highest BCUT2D eigenvalue weighted by atomic mass is 35.5. The lowest BCUT2D eigenvalue weighted by molar-refractivity contribution is -0.119. The molecule has 1 heterocycles. The predicted molar refractivity (Wildman–Crippen MR) is 139 cm³/mol. The van der Waals surface area contributed by atoms with Crippen molar-refractivity contribution >= 4 is 44.9 Å². The third-order valence-electron chi connectivity index (χ3n) is 5.87. The molecule has 38 heavy (non-hydrogen) atoms. The molecule has 1 amide bonds. The van der Waals surface area contributed by atoms with Crippen molar-refractivity contribution in [3.63, 3.8) is 0 Å². The van der Waals surface area contributed by atoms with E-state index in [1.165, 1.54) is 40.7 Å². The monoisotopic (exact) mass is 556 g/mol. The third-order valence-corrected chi connectivity index (χ3v) is 8.25. The fraction of sp³-hybridized carbons (Fsp3) is 0.192. The molecular formula is C26H22ClFN4O5S. The third kappa shape index (κ3) is 6.11. The summed E-state index contributed by atoms with van der Waals surface area (Å²) in [5.41, 5.74) is 1.21. The molecule has 1 fully saturated rings. The van der Waals surface area contributed by atoms with Gasteiger partial charge >= 0.3 is 5.97 Å². The highest BCUT2D eigenvalue weighted by Crippen LogP contribution is 2.28. The molecule has 12 heteroatoms. The summed E-state index contributed by atoms with van der Waals surface area (Å²) in [5, 5.41) is 11.5. The quantitative estimate of drug-likeness (QED) is 0.441. The summed E-state index contributed by atoms with van der Waals surface area (Å²) in [7, 11) is -4.04. The Morgan fingerprint density at radius 2 is 1.71 bits per heavy atom. The van der Waals surface area contributed by atoms with E-state index >= 15 is 0 Å². The molecule has 0 unspecified atom stereocenters. The summed E-state index contributed by atoms with van der Waals surface area (Å²) < 4.78 is 46.2. The van der Waals surface area contributed by atoms with Crippen molar-refractivity contribution in [3.8, 4) is 6.07 Å². The van der Waals surface area contributed by atoms with Gasteiger partial charge in [0.2, 0.25) is 10.0 Å². The van der Waals surface area contributed by atoms with Crippen molar-refractivity contribution in [1.29, 1.82) is 5.26 Å². The first kappa shape index (κ1) is 27.1. The van der Waals surface area contributed by atoms with Crippen LogP contribution in [-0.4, -0.2) is 57.4 Å². The number of ether oxygens (including phenoxy) is 1. The fourth-order valence-electron chi connectivity index (χ4n) is 3.90. The first-order chi connectivity index (χ1) is 18.2. The summed E-state index contributed by atoms with van der Waals surface area (Å²) in [6, 6.07) is 18.0. The Bertz CT molecular complexity index is 1500. The number of carbonyl (C=O) groups is 2. The number of nitrogens with one attached hydrogen (secondary N) is 1. The van der Waals surface area contributed by atoms with Crippen LogP contribution in [0.15, 0.2) is 71.6 Å². The van der Waals surface area contributed by atoms with Gasteiger partial charge in [-0.1, -0.05) is 23.7 Å². The van der Waals surface area contributed by atoms with E-state index in [9.17, 15) is 22.4 Å². The zero-order chi connectivity index (χ0) is 27.3. The van der Waals surface area contributed by atoms with E-state index in [1.807, 2.05) is 11.0 Å². The number of piperazine rings is 1. The number of rotatable bonds is 7. The van der Waals surface area contributed by atoms with Gasteiger partial charge in [0.15, 0.2) is 6.61 Å². The highest BCUT2D eigenvalue weighted by molar-refractivity contribution is 7.89. The molecule has 1 N–H and O–H groups in total. The molecule has 0 aromatic heterocycles. The summed E-state index contributed by atoms with van der Waals surface area (Å²) in [6.07, 6.45) is 0. The molecule has 1 saturated heterocycles. The molecule has 0 radical (unpaired) electrons. The van der Waals surface area contributed by atoms with E-state index in [4.69, 9.17) is 21.6 Å². The van der Waals surface area contributed by atoms with Gasteiger partial charge in [-0.3, -0.25) is 4.79 Å². The topological polar surface area (TPSA) is 120 Å². The number of amides is 1. The van der Waals surface area contributed by atoms with Gasteiger partial charge in [-0.05, 0) is 54.6 Å². The minimum atomic E-state index is -4.04. The van der Waals surface area contributed by atoms with E-state index in [2.05, 4.69) is 5.32 Å². The number of esters is 1. The summed E-state index contributed by atoms with van der Waals surface area (Å²) in [4.78, 5) is 26.5. The van der Waals surface area contributed by atoms with E-state index in [0.29, 0.717) is 13.1 Å². The molecule has 0 saturated carbocycles. The van der Waals surface area contributed by atoms with Crippen LogP contribution in [0.2, 0.25) is 5.02 Å². The van der Waals surface area contributed by atoms with Gasteiger partial charge in [0.05, 0.1) is 21.8 Å². The van der Waals surface area contributed by atoms with E-state index in [0.717, 1.165) is 11.8 Å². The Balaban J connectivity index is 1.40. The zero-order valence-corrected chi connectivity index (χ0v) is 21.5. The minimum absolute atomic E-state index is 0.0617. The molecule has 3 aromatic rings. The second-order valence-corrected chi connectivity index (χ2v) is 10.6. The van der Waals surface area contributed by atoms with Crippen molar-refractivity contribution in [1.82, 2.24) is 4.31 Å². The number of para-hydroxylation sites is 1. The average molecular weight is 557 g/mol. The molecule has 0 aliphatic carbocycles. The second kappa shape index (κ2) is 11.6. The first-order valence-corrected chi connectivity index (χ1v) is 13.3. The van der Waals surface area contributed by atoms with E-state index in [-0.39, 0.29) is 45.6 Å². The minimum Gasteiger partial charge on any atom is -0.452 e. The Labute approximate surface area is 224 Å². The normalized spacial score (nSPS) is 14.0. The van der Waals surface area contributed by atoms with Gasteiger partial charge in [0.1, 0.15) is 16.8 Å². The molecule has 4 rings (SSSR count). The zero-order valence-electron chi connectivity index (χ0n) is 19.9. The van der Waals surface area contributed by atoms with Crippen LogP contribution in [0.1, 0.15) is 15.9 Å². The van der Waals surface area contributed by atoms with Crippen LogP contribution in [-0.2, 0) is 19.6 Å². The number of hydrogen-bond donors (Lipinski definition) is 1. The van der Waals surface area contributed by atoms with Crippen LogP contribution < -0.4 is 10.2 Å². The molecule has 9 nitrogen and oxygen atoms in total. The smallest absolute Gasteiger partial charge is 0.338 e. The maximum atomic E-state index is 13.3. The Hall–Kier alpha value is -3.98. The van der Waals surface area contributed by atoms with Gasteiger partial charge in [-0.15, -0.1) is 0 Å². The number of benzene rings is 3. The van der Waals surface area contributed by atoms with Gasteiger partial charge in [0, 0.05) is 31.9 Å². The number of hydrogen-bond acceptors (Lipinski definition) is 7. The first-order valence-electron chi connectivity index (χ1n) is 11.5. The molecule has 0 atom stereocenters. The van der Waals surface area contributed by atoms with E-state index in [1.54, 1.807) is 24.3 Å². The summed E-state index contributed by atoms with van der Waals surface area (Å²) >= 11 is 6.20. The Kier molecular flexibility index (Phi) is 8.26. The van der Waals surface area contributed by atoms with Crippen LogP contribution in [0, 0.1) is 17.1 Å². The number of halogens is 2. The molecule has 3 aromatic carbocycles. The fourth-order valence-corrected chi connectivity index (χ4v) is 5.82. The van der Waals surface area contributed by atoms with Crippen LogP contribution in [0.25, 0.3) is 0 Å². The lowest BCUT2D eigenvalue weighted by Crippen LogP contribution is -2.48. The molecule has 0 spiro atoms. The molecule has 196 valence electrons. The maximum absolute atomic E-state index is 13.3. The average Bonchev–Trinajstić information content (AvgIpc) is 2.92. The standard InChI is InChI=1S/C26H22ClFN4O5S/c27-22-10-5-18(26(34)37-17-25(33)30-23-4-2-1-3-19(23)16-29)15-24(22)38(35,36)32-13-11-31(12-14-32)21-8-6-20(28)7-9-21/h1-10,15H,11-14,17H2,(H,30,33). The van der Waals surface area contributed by atoms with E-state index < -0.39 is 28.5 Å². The summed E-state index contributed by atoms with van der Waals surface area (Å²) in [6.45, 7) is 0.446. The second-order valence-electron chi connectivity index (χ2n) is 8.29. The number of anilines is 2. The van der Waals surface area contributed by atoms with Crippen LogP contribution in [0.4, 0.5) is 15.8 Å². The van der Waals surface area contributed by atoms with Gasteiger partial charge in [-0.25, -0.2) is 17.6 Å². The van der Waals surface area contributed by atoms with Gasteiger partial charge in [0.25, 0.3) is 5.91 Å². The molecule has 1 aliphatic rings. The molecule has 0 bridgehead atoms. The number of nitriles is 1. The van der Waals surface area contributed by atoms with Crippen molar-refractivity contribution in [2.45, 2.75) is 4.90 Å². The largest absolute Gasteiger partial charge is 0.452 e. The SMILES string of the molecule is N#Cc1ccccc1NC(=O)COC(=O)c1ccc(Cl)c(S(=O)(=O)N2CCN(c3ccc(F)cc3)CC2)c1. The highest BCUT2D eigenvalue weighted by Gasteiger charge is 2.31. The van der Waals surface area contributed by atoms with Crippen molar-refractivity contribution in [2.24, 2.45) is 0 Å². The van der Waals surface area contributed by atoms with Crippen LogP contribution >= 0.6 is 11.6 Å². The molecule has 1 aliphatic heterocycles. The lowest BCUT2D eigenvalue weighted by Gasteiger charge is -2.35. The lowest BCUT2D eigenvalue weighted by atomic mass is 10.2. The van der Waals surface area contributed by atoms with Crippen molar-refractivity contribution in [3.05, 3.63) is 88.7 Å². The predicted octanol–water partition coefficient (Wildman–Crippen LogP) is 3.66. The van der Waals surface area contributed by atoms with Gasteiger partial charge in [-0.2, -0.15) is 9.57 Å². The summed E-state index contributed by atoms with van der Waals surface area (Å²) in [5.74, 6) is -1.93.